The van der Waals surface area contributed by atoms with Crippen molar-refractivity contribution in [2.24, 2.45) is 5.92 Å². The largest absolute Gasteiger partial charge is 0.471 e. The summed E-state index contributed by atoms with van der Waals surface area (Å²) >= 11 is 1.59. The Hall–Kier alpha value is -2.41. The fraction of sp³-hybridized carbons (Fsp3) is 0.571. The zero-order valence-corrected chi connectivity index (χ0v) is 23.9. The van der Waals surface area contributed by atoms with Crippen LogP contribution in [0.1, 0.15) is 50.4 Å². The van der Waals surface area contributed by atoms with E-state index in [0.29, 0.717) is 11.5 Å². The summed E-state index contributed by atoms with van der Waals surface area (Å²) in [5.41, 5.74) is 1.24. The first-order valence-corrected chi connectivity index (χ1v) is 14.1. The Labute approximate surface area is 235 Å². The molecule has 0 spiro atoms. The number of aliphatic hydroxyl groups is 1. The van der Waals surface area contributed by atoms with Crippen molar-refractivity contribution >= 4 is 17.4 Å². The summed E-state index contributed by atoms with van der Waals surface area (Å²) in [4.78, 5) is 10.3. The lowest BCUT2D eigenvalue weighted by Gasteiger charge is -2.37. The van der Waals surface area contributed by atoms with Crippen LogP contribution < -0.4 is 10.1 Å². The normalized spacial score (nSPS) is 21.6. The fourth-order valence-electron chi connectivity index (χ4n) is 4.71. The number of nitrogens with zero attached hydrogens (tertiary/aromatic N) is 1. The van der Waals surface area contributed by atoms with Gasteiger partial charge in [-0.15, -0.1) is 0 Å². The van der Waals surface area contributed by atoms with Gasteiger partial charge in [-0.25, -0.2) is 0 Å². The van der Waals surface area contributed by atoms with Gasteiger partial charge in [0.25, 0.3) is 0 Å². The third-order valence-corrected chi connectivity index (χ3v) is 8.22. The number of ether oxygens (including phenoxy) is 2. The number of hydrogen-bond donors (Lipinski definition) is 2. The molecule has 1 fully saturated rings. The maximum absolute atomic E-state index is 14.8. The van der Waals surface area contributed by atoms with E-state index in [-0.39, 0.29) is 35.4 Å². The number of alkyl halides is 3. The van der Waals surface area contributed by atoms with Crippen molar-refractivity contribution in [1.82, 2.24) is 5.32 Å². The minimum absolute atomic E-state index is 0.0205. The minimum atomic E-state index is -4.89. The zero-order valence-electron chi connectivity index (χ0n) is 23.1. The molecule has 1 aliphatic heterocycles. The zero-order chi connectivity index (χ0) is 29.8. The molecule has 7 nitrogen and oxygen atoms in total. The highest BCUT2D eigenvalue weighted by Crippen LogP contribution is 2.37. The number of aliphatic hydroxyl groups excluding tert-OH is 1. The van der Waals surface area contributed by atoms with Crippen molar-refractivity contribution in [3.05, 3.63) is 69.0 Å². The molecule has 0 radical (unpaired) electrons. The number of benzene rings is 2. The van der Waals surface area contributed by atoms with Gasteiger partial charge in [-0.1, -0.05) is 45.0 Å². The molecule has 0 aliphatic carbocycles. The first kappa shape index (κ1) is 32.1. The molecule has 222 valence electrons. The monoisotopic (exact) mass is 588 g/mol. The Balaban J connectivity index is 1.79. The minimum Gasteiger partial charge on any atom is -0.471 e. The maximum atomic E-state index is 14.8. The number of nitrogens with one attached hydrogen (secondary N) is 1. The highest BCUT2D eigenvalue weighted by atomic mass is 32.2. The summed E-state index contributed by atoms with van der Waals surface area (Å²) in [5, 5.41) is 26.1. The lowest BCUT2D eigenvalue weighted by atomic mass is 9.85. The number of nitro benzene ring substituents is 1. The van der Waals surface area contributed by atoms with E-state index in [1.807, 2.05) is 19.1 Å². The number of thioether (sulfide) groups is 1. The molecule has 1 heterocycles. The molecular weight excluding hydrogens is 552 g/mol. The maximum Gasteiger partial charge on any atom is 0.427 e. The van der Waals surface area contributed by atoms with Gasteiger partial charge in [0, 0.05) is 24.9 Å². The van der Waals surface area contributed by atoms with Gasteiger partial charge < -0.3 is 19.9 Å². The van der Waals surface area contributed by atoms with E-state index < -0.39 is 47.2 Å². The van der Waals surface area contributed by atoms with Crippen molar-refractivity contribution in [2.75, 3.05) is 25.2 Å². The van der Waals surface area contributed by atoms with Crippen molar-refractivity contribution in [3.8, 4) is 5.75 Å². The number of nitro groups is 1. The molecule has 12 heteroatoms. The molecule has 5 atom stereocenters. The summed E-state index contributed by atoms with van der Waals surface area (Å²) in [6.07, 6.45) is -8.16. The molecular formula is C28H36F4N2O5S. The van der Waals surface area contributed by atoms with Crippen molar-refractivity contribution in [2.45, 2.75) is 70.0 Å². The van der Waals surface area contributed by atoms with Gasteiger partial charge in [0.15, 0.2) is 0 Å². The highest BCUT2D eigenvalue weighted by Gasteiger charge is 2.43. The second-order valence-electron chi connectivity index (χ2n) is 11.1. The van der Waals surface area contributed by atoms with Crippen LogP contribution in [-0.2, 0) is 16.6 Å². The highest BCUT2D eigenvalue weighted by molar-refractivity contribution is 7.99. The fourth-order valence-corrected chi connectivity index (χ4v) is 6.01. The van der Waals surface area contributed by atoms with Crippen molar-refractivity contribution in [3.63, 3.8) is 0 Å². The summed E-state index contributed by atoms with van der Waals surface area (Å²) in [6, 6.07) is 9.82. The molecule has 0 amide bonds. The van der Waals surface area contributed by atoms with Crippen LogP contribution in [0.2, 0.25) is 0 Å². The molecule has 40 heavy (non-hydrogen) atoms. The van der Waals surface area contributed by atoms with Gasteiger partial charge in [-0.2, -0.15) is 29.3 Å². The predicted molar refractivity (Wildman–Crippen MR) is 146 cm³/mol. The number of hydrogen-bond acceptors (Lipinski definition) is 7. The van der Waals surface area contributed by atoms with Gasteiger partial charge in [-0.3, -0.25) is 10.1 Å². The van der Waals surface area contributed by atoms with Gasteiger partial charge in [-0.05, 0) is 59.3 Å². The van der Waals surface area contributed by atoms with Crippen molar-refractivity contribution < 1.29 is 37.1 Å². The van der Waals surface area contributed by atoms with Gasteiger partial charge in [0.2, 0.25) is 17.7 Å². The Kier molecular flexibility index (Phi) is 10.5. The Bertz CT molecular complexity index is 1170. The first-order valence-electron chi connectivity index (χ1n) is 12.9. The Morgan fingerprint density at radius 1 is 1.20 bits per heavy atom. The molecule has 0 unspecified atom stereocenters. The molecule has 2 aromatic rings. The van der Waals surface area contributed by atoms with E-state index in [2.05, 4.69) is 43.0 Å². The lowest BCUT2D eigenvalue weighted by Crippen LogP contribution is -2.50. The van der Waals surface area contributed by atoms with Crippen LogP contribution in [0.25, 0.3) is 0 Å². The first-order chi connectivity index (χ1) is 18.6. The van der Waals surface area contributed by atoms with E-state index in [0.717, 1.165) is 24.8 Å². The molecule has 0 aromatic heterocycles. The third kappa shape index (κ3) is 8.08. The van der Waals surface area contributed by atoms with Crippen LogP contribution in [0, 0.1) is 21.8 Å². The molecule has 0 saturated carbocycles. The lowest BCUT2D eigenvalue weighted by molar-refractivity contribution is -0.389. The summed E-state index contributed by atoms with van der Waals surface area (Å²) in [7, 11) is 1.03. The molecule has 1 saturated heterocycles. The average molecular weight is 589 g/mol. The molecule has 1 aliphatic rings. The van der Waals surface area contributed by atoms with Gasteiger partial charge in [0.05, 0.1) is 17.6 Å². The topological polar surface area (TPSA) is 93.9 Å². The average Bonchev–Trinajstić information content (AvgIpc) is 2.84. The van der Waals surface area contributed by atoms with Crippen LogP contribution >= 0.6 is 11.8 Å². The number of rotatable bonds is 10. The second kappa shape index (κ2) is 13.1. The van der Waals surface area contributed by atoms with Crippen LogP contribution in [0.4, 0.5) is 23.2 Å². The Morgan fingerprint density at radius 3 is 2.50 bits per heavy atom. The van der Waals surface area contributed by atoms with E-state index in [1.165, 1.54) is 5.56 Å². The predicted octanol–water partition coefficient (Wildman–Crippen LogP) is 5.97. The number of halogens is 4. The van der Waals surface area contributed by atoms with E-state index in [4.69, 9.17) is 4.74 Å². The molecule has 0 bridgehead atoms. The van der Waals surface area contributed by atoms with Gasteiger partial charge >= 0.3 is 11.9 Å². The van der Waals surface area contributed by atoms with E-state index in [1.54, 1.807) is 11.8 Å². The Morgan fingerprint density at radius 2 is 1.90 bits per heavy atom. The van der Waals surface area contributed by atoms with Crippen LogP contribution in [0.3, 0.4) is 0 Å². The van der Waals surface area contributed by atoms with Crippen LogP contribution in [-0.4, -0.2) is 59.7 Å². The summed E-state index contributed by atoms with van der Waals surface area (Å²) in [6.45, 7) is 7.49. The second-order valence-corrected chi connectivity index (χ2v) is 12.2. The van der Waals surface area contributed by atoms with E-state index >= 15 is 0 Å². The SMILES string of the molecule is COC[C@@H](Oc1cc(C[C@@H]2CSC[C@H](N[C@H](C)c3cccc(C(C)(C)C)c3)[C@H]2O)cc(F)c1[N+](=O)[O-])C(F)(F)F. The summed E-state index contributed by atoms with van der Waals surface area (Å²) < 4.78 is 64.4. The third-order valence-electron chi connectivity index (χ3n) is 6.96. The van der Waals surface area contributed by atoms with Crippen molar-refractivity contribution in [1.29, 1.82) is 0 Å². The smallest absolute Gasteiger partial charge is 0.427 e. The van der Waals surface area contributed by atoms with Crippen LogP contribution in [0.15, 0.2) is 36.4 Å². The summed E-state index contributed by atoms with van der Waals surface area (Å²) in [5.74, 6) is -1.36. The molecule has 2 N–H and O–H groups in total. The standard InChI is InChI=1S/C28H36F4N2O5S/c1-16(18-7-6-8-20(12-18)27(2,3)4)33-22-15-40-14-19(26(22)35)9-17-10-21(29)25(34(36)37)23(11-17)39-24(13-38-5)28(30,31)32/h6-8,10-12,16,19,22,24,26,33,35H,9,13-15H2,1-5H3/t16-,19-,22+,24-,26+/m1/s1. The quantitative estimate of drug-likeness (QED) is 0.201. The number of methoxy groups -OCH3 is 1. The van der Waals surface area contributed by atoms with Gasteiger partial charge in [0.1, 0.15) is 0 Å². The van der Waals surface area contributed by atoms with Crippen LogP contribution in [0.5, 0.6) is 5.75 Å². The van der Waals surface area contributed by atoms with E-state index in [9.17, 15) is 32.8 Å². The molecule has 2 aromatic carbocycles. The molecule has 3 rings (SSSR count).